The van der Waals surface area contributed by atoms with E-state index in [9.17, 15) is 4.79 Å². The number of halogens is 1. The minimum atomic E-state index is -0.536. The maximum atomic E-state index is 11.3. The number of ether oxygens (including phenoxy) is 2. The highest BCUT2D eigenvalue weighted by Crippen LogP contribution is 2.41. The van der Waals surface area contributed by atoms with Gasteiger partial charge >= 0.3 is 0 Å². The summed E-state index contributed by atoms with van der Waals surface area (Å²) in [6, 6.07) is 7.77. The smallest absolute Gasteiger partial charge is 0.250 e. The highest BCUT2D eigenvalue weighted by atomic mass is 35.5. The third kappa shape index (κ3) is 2.98. The minimum Gasteiger partial charge on any atom is -0.486 e. The molecule has 3 heterocycles. The Hall–Kier alpha value is -2.47. The second-order valence-electron chi connectivity index (χ2n) is 6.15. The van der Waals surface area contributed by atoms with E-state index in [4.69, 9.17) is 26.8 Å². The third-order valence-electron chi connectivity index (χ3n) is 4.58. The first-order valence-electron chi connectivity index (χ1n) is 8.25. The largest absolute Gasteiger partial charge is 0.486 e. The van der Waals surface area contributed by atoms with Crippen molar-refractivity contribution in [1.82, 2.24) is 4.98 Å². The number of primary amides is 1. The van der Waals surface area contributed by atoms with E-state index < -0.39 is 5.91 Å². The third-order valence-corrected chi connectivity index (χ3v) is 4.86. The fraction of sp³-hybridized carbons (Fsp3) is 0.333. The molecule has 2 N–H and O–H groups in total. The summed E-state index contributed by atoms with van der Waals surface area (Å²) < 4.78 is 11.3. The molecular formula is C18H18ClN3O3. The molecule has 6 nitrogen and oxygen atoms in total. The number of nitrogens with two attached hydrogens (primary N) is 1. The molecule has 2 aliphatic rings. The fourth-order valence-corrected chi connectivity index (χ4v) is 3.69. The van der Waals surface area contributed by atoms with Gasteiger partial charge in [0.25, 0.3) is 0 Å². The van der Waals surface area contributed by atoms with E-state index in [2.05, 4.69) is 16.0 Å². The number of rotatable bonds is 3. The highest BCUT2D eigenvalue weighted by molar-refractivity contribution is 6.33. The molecule has 0 radical (unpaired) electrons. The molecule has 0 aliphatic carbocycles. The Morgan fingerprint density at radius 1 is 1.24 bits per heavy atom. The quantitative estimate of drug-likeness (QED) is 0.911. The number of anilines is 1. The maximum Gasteiger partial charge on any atom is 0.250 e. The zero-order valence-electron chi connectivity index (χ0n) is 13.6. The highest BCUT2D eigenvalue weighted by Gasteiger charge is 2.30. The molecule has 2 aromatic rings. The maximum absolute atomic E-state index is 11.3. The number of aromatic nitrogens is 1. The molecule has 4 rings (SSSR count). The van der Waals surface area contributed by atoms with Gasteiger partial charge in [-0.15, -0.1) is 0 Å². The van der Waals surface area contributed by atoms with Crippen molar-refractivity contribution in [2.45, 2.75) is 18.9 Å². The van der Waals surface area contributed by atoms with Crippen molar-refractivity contribution in [3.63, 3.8) is 0 Å². The van der Waals surface area contributed by atoms with Gasteiger partial charge in [0.1, 0.15) is 19.0 Å². The van der Waals surface area contributed by atoms with E-state index in [-0.39, 0.29) is 6.04 Å². The Bertz CT molecular complexity index is 827. The summed E-state index contributed by atoms with van der Waals surface area (Å²) in [7, 11) is 0. The van der Waals surface area contributed by atoms with Crippen LogP contribution in [0.1, 0.15) is 34.8 Å². The number of hydrogen-bond acceptors (Lipinski definition) is 5. The Morgan fingerprint density at radius 3 is 2.80 bits per heavy atom. The van der Waals surface area contributed by atoms with Crippen molar-refractivity contribution >= 4 is 23.3 Å². The SMILES string of the molecule is NC(=O)c1cnc(N2CCC[C@H]2c2ccc3c(c2)OCCO3)c(Cl)c1. The number of carbonyl (C=O) groups is 1. The summed E-state index contributed by atoms with van der Waals surface area (Å²) in [5, 5.41) is 0.431. The van der Waals surface area contributed by atoms with E-state index in [1.807, 2.05) is 12.1 Å². The molecule has 1 fully saturated rings. The van der Waals surface area contributed by atoms with Crippen LogP contribution >= 0.6 is 11.6 Å². The number of hydrogen-bond donors (Lipinski definition) is 1. The van der Waals surface area contributed by atoms with E-state index >= 15 is 0 Å². The van der Waals surface area contributed by atoms with Crippen LogP contribution in [0.25, 0.3) is 0 Å². The lowest BCUT2D eigenvalue weighted by atomic mass is 10.0. The second-order valence-corrected chi connectivity index (χ2v) is 6.56. The molecule has 1 saturated heterocycles. The number of fused-ring (bicyclic) bond motifs is 1. The van der Waals surface area contributed by atoms with E-state index in [0.29, 0.717) is 29.6 Å². The van der Waals surface area contributed by atoms with Gasteiger partial charge in [-0.3, -0.25) is 4.79 Å². The van der Waals surface area contributed by atoms with Crippen molar-refractivity contribution in [1.29, 1.82) is 0 Å². The lowest BCUT2D eigenvalue weighted by molar-refractivity contribution is 0.1000. The van der Waals surface area contributed by atoms with Gasteiger partial charge in [-0.1, -0.05) is 17.7 Å². The topological polar surface area (TPSA) is 77.7 Å². The zero-order valence-corrected chi connectivity index (χ0v) is 14.3. The first-order valence-corrected chi connectivity index (χ1v) is 8.63. The first kappa shape index (κ1) is 16.0. The molecule has 2 aliphatic heterocycles. The van der Waals surface area contributed by atoms with Crippen LogP contribution < -0.4 is 20.1 Å². The van der Waals surface area contributed by atoms with Crippen molar-refractivity contribution < 1.29 is 14.3 Å². The van der Waals surface area contributed by atoms with Gasteiger partial charge in [-0.05, 0) is 36.6 Å². The predicted molar refractivity (Wildman–Crippen MR) is 94.5 cm³/mol. The lowest BCUT2D eigenvalue weighted by Crippen LogP contribution is -2.24. The fourth-order valence-electron chi connectivity index (χ4n) is 3.41. The van der Waals surface area contributed by atoms with Crippen LogP contribution in [0.2, 0.25) is 5.02 Å². The predicted octanol–water partition coefficient (Wildman–Crippen LogP) is 2.95. The van der Waals surface area contributed by atoms with Crippen molar-refractivity contribution in [2.24, 2.45) is 5.73 Å². The van der Waals surface area contributed by atoms with Gasteiger partial charge in [0, 0.05) is 12.7 Å². The van der Waals surface area contributed by atoms with Gasteiger partial charge in [0.15, 0.2) is 11.5 Å². The molecule has 130 valence electrons. The molecule has 1 aromatic heterocycles. The van der Waals surface area contributed by atoms with Crippen LogP contribution in [0.4, 0.5) is 5.82 Å². The average Bonchev–Trinajstić information content (AvgIpc) is 3.10. The van der Waals surface area contributed by atoms with Crippen molar-refractivity contribution in [2.75, 3.05) is 24.7 Å². The Kier molecular flexibility index (Phi) is 4.13. The van der Waals surface area contributed by atoms with Crippen LogP contribution in [0.15, 0.2) is 30.5 Å². The normalized spacial score (nSPS) is 19.1. The molecule has 0 unspecified atom stereocenters. The lowest BCUT2D eigenvalue weighted by Gasteiger charge is -2.28. The number of pyridine rings is 1. The molecule has 0 spiro atoms. The van der Waals surface area contributed by atoms with E-state index in [1.54, 1.807) is 6.07 Å². The Balaban J connectivity index is 1.66. The van der Waals surface area contributed by atoms with Gasteiger partial charge in [0.05, 0.1) is 16.6 Å². The van der Waals surface area contributed by atoms with Gasteiger partial charge in [-0.2, -0.15) is 0 Å². The molecule has 1 aromatic carbocycles. The average molecular weight is 360 g/mol. The molecular weight excluding hydrogens is 342 g/mol. The zero-order chi connectivity index (χ0) is 17.4. The summed E-state index contributed by atoms with van der Waals surface area (Å²) in [6.45, 7) is 1.99. The summed E-state index contributed by atoms with van der Waals surface area (Å²) in [5.74, 6) is 1.69. The summed E-state index contributed by atoms with van der Waals surface area (Å²) in [5.41, 5.74) is 6.74. The molecule has 0 saturated carbocycles. The minimum absolute atomic E-state index is 0.153. The number of nitrogens with zero attached hydrogens (tertiary/aromatic N) is 2. The van der Waals surface area contributed by atoms with Crippen LogP contribution in [0.3, 0.4) is 0 Å². The molecule has 7 heteroatoms. The van der Waals surface area contributed by atoms with Crippen LogP contribution in [0.5, 0.6) is 11.5 Å². The molecule has 1 atom stereocenters. The molecule has 1 amide bonds. The summed E-state index contributed by atoms with van der Waals surface area (Å²) >= 11 is 6.37. The van der Waals surface area contributed by atoms with Crippen molar-refractivity contribution in [3.05, 3.63) is 46.6 Å². The van der Waals surface area contributed by atoms with Crippen LogP contribution in [0, 0.1) is 0 Å². The molecule has 0 bridgehead atoms. The summed E-state index contributed by atoms with van der Waals surface area (Å²) in [4.78, 5) is 17.8. The standard InChI is InChI=1S/C18H18ClN3O3/c19-13-8-12(17(20)23)10-21-18(13)22-5-1-2-14(22)11-3-4-15-16(9-11)25-7-6-24-15/h3-4,8-10,14H,1-2,5-7H2,(H2,20,23)/t14-/m0/s1. The van der Waals surface area contributed by atoms with Crippen LogP contribution in [-0.4, -0.2) is 30.6 Å². The monoisotopic (exact) mass is 359 g/mol. The second kappa shape index (κ2) is 6.44. The Morgan fingerprint density at radius 2 is 2.04 bits per heavy atom. The number of benzene rings is 1. The molecule has 25 heavy (non-hydrogen) atoms. The van der Waals surface area contributed by atoms with E-state index in [0.717, 1.165) is 36.4 Å². The van der Waals surface area contributed by atoms with Crippen LogP contribution in [-0.2, 0) is 0 Å². The van der Waals surface area contributed by atoms with Gasteiger partial charge < -0.3 is 20.1 Å². The van der Waals surface area contributed by atoms with Gasteiger partial charge in [-0.25, -0.2) is 4.98 Å². The van der Waals surface area contributed by atoms with Crippen molar-refractivity contribution in [3.8, 4) is 11.5 Å². The van der Waals surface area contributed by atoms with Gasteiger partial charge in [0.2, 0.25) is 5.91 Å². The summed E-state index contributed by atoms with van der Waals surface area (Å²) in [6.07, 6.45) is 3.51. The number of amides is 1. The first-order chi connectivity index (χ1) is 12.1. The van der Waals surface area contributed by atoms with E-state index in [1.165, 1.54) is 6.20 Å². The number of carbonyl (C=O) groups excluding carboxylic acids is 1. The Labute approximate surface area is 150 Å².